The van der Waals surface area contributed by atoms with Gasteiger partial charge in [0.15, 0.2) is 0 Å². The second-order valence-electron chi connectivity index (χ2n) is 2.76. The number of rotatable bonds is 4. The average Bonchev–Trinajstić information content (AvgIpc) is 1.84. The number of ketones is 2. The van der Waals surface area contributed by atoms with E-state index >= 15 is 0 Å². The van der Waals surface area contributed by atoms with Gasteiger partial charge in [0, 0.05) is 0 Å². The fourth-order valence-corrected chi connectivity index (χ4v) is 0.578. The van der Waals surface area contributed by atoms with Gasteiger partial charge in [-0.2, -0.15) is 0 Å². The summed E-state index contributed by atoms with van der Waals surface area (Å²) in [6, 6.07) is 0. The van der Waals surface area contributed by atoms with Crippen LogP contribution in [0.5, 0.6) is 0 Å². The molecule has 0 aromatic rings. The summed E-state index contributed by atoms with van der Waals surface area (Å²) >= 11 is 0. The summed E-state index contributed by atoms with van der Waals surface area (Å²) in [5, 5.41) is 0. The molecule has 0 rings (SSSR count). The molecular formula is C8H12O4. The van der Waals surface area contributed by atoms with Gasteiger partial charge in [-0.25, -0.2) is 4.79 Å². The van der Waals surface area contributed by atoms with Gasteiger partial charge in [0.2, 0.25) is 5.78 Å². The van der Waals surface area contributed by atoms with Crippen molar-refractivity contribution in [3.8, 4) is 0 Å². The fraction of sp³-hybridized carbons (Fsp3) is 0.625. The third-order valence-electron chi connectivity index (χ3n) is 0.980. The Morgan fingerprint density at radius 1 is 1.25 bits per heavy atom. The molecule has 68 valence electrons. The van der Waals surface area contributed by atoms with Crippen molar-refractivity contribution in [3.63, 3.8) is 0 Å². The standard InChI is InChI=1S/C8H12O4/c1-5(2)12-8(11)7(10)4-6(3)9/h5H,4H2,1-3H3. The molecule has 0 aliphatic heterocycles. The van der Waals surface area contributed by atoms with Crippen molar-refractivity contribution in [1.82, 2.24) is 0 Å². The molecule has 0 radical (unpaired) electrons. The molecule has 0 spiro atoms. The highest BCUT2D eigenvalue weighted by molar-refractivity contribution is 6.37. The Balaban J connectivity index is 3.94. The van der Waals surface area contributed by atoms with E-state index in [4.69, 9.17) is 0 Å². The molecule has 0 heterocycles. The number of hydrogen-bond acceptors (Lipinski definition) is 4. The van der Waals surface area contributed by atoms with E-state index in [0.29, 0.717) is 0 Å². The highest BCUT2D eigenvalue weighted by Gasteiger charge is 2.17. The smallest absolute Gasteiger partial charge is 0.375 e. The first-order valence-electron chi connectivity index (χ1n) is 3.66. The van der Waals surface area contributed by atoms with Crippen molar-refractivity contribution < 1.29 is 19.1 Å². The lowest BCUT2D eigenvalue weighted by molar-refractivity contribution is -0.157. The lowest BCUT2D eigenvalue weighted by Gasteiger charge is -2.05. The van der Waals surface area contributed by atoms with Crippen LogP contribution >= 0.6 is 0 Å². The Morgan fingerprint density at radius 3 is 2.08 bits per heavy atom. The van der Waals surface area contributed by atoms with E-state index in [-0.39, 0.29) is 18.3 Å². The third kappa shape index (κ3) is 4.60. The molecule has 0 fully saturated rings. The first kappa shape index (κ1) is 10.8. The fourth-order valence-electron chi connectivity index (χ4n) is 0.578. The SMILES string of the molecule is CC(=O)CC(=O)C(=O)OC(C)C. The quantitative estimate of drug-likeness (QED) is 0.351. The summed E-state index contributed by atoms with van der Waals surface area (Å²) < 4.78 is 4.57. The molecule has 0 aromatic carbocycles. The molecule has 0 bridgehead atoms. The van der Waals surface area contributed by atoms with Gasteiger partial charge in [-0.05, 0) is 20.8 Å². The Labute approximate surface area is 70.9 Å². The molecule has 0 unspecified atom stereocenters. The molecule has 0 aliphatic rings. The van der Waals surface area contributed by atoms with Gasteiger partial charge in [-0.15, -0.1) is 0 Å². The van der Waals surface area contributed by atoms with Crippen LogP contribution in [0.25, 0.3) is 0 Å². The van der Waals surface area contributed by atoms with Crippen LogP contribution in [0.15, 0.2) is 0 Å². The average molecular weight is 172 g/mol. The van der Waals surface area contributed by atoms with Crippen LogP contribution < -0.4 is 0 Å². The van der Waals surface area contributed by atoms with Gasteiger partial charge >= 0.3 is 5.97 Å². The first-order valence-corrected chi connectivity index (χ1v) is 3.66. The van der Waals surface area contributed by atoms with Crippen LogP contribution in [0, 0.1) is 0 Å². The largest absolute Gasteiger partial charge is 0.457 e. The maximum atomic E-state index is 10.8. The van der Waals surface area contributed by atoms with Gasteiger partial charge in [-0.1, -0.05) is 0 Å². The molecule has 0 aromatic heterocycles. The maximum Gasteiger partial charge on any atom is 0.375 e. The van der Waals surface area contributed by atoms with Crippen LogP contribution in [0.4, 0.5) is 0 Å². The molecule has 0 amide bonds. The van der Waals surface area contributed by atoms with Crippen LogP contribution in [-0.4, -0.2) is 23.6 Å². The number of ether oxygens (including phenoxy) is 1. The predicted molar refractivity (Wildman–Crippen MR) is 41.5 cm³/mol. The Hall–Kier alpha value is -1.19. The molecule has 4 heteroatoms. The summed E-state index contributed by atoms with van der Waals surface area (Å²) in [7, 11) is 0. The normalized spacial score (nSPS) is 9.67. The van der Waals surface area contributed by atoms with E-state index in [1.54, 1.807) is 13.8 Å². The van der Waals surface area contributed by atoms with Gasteiger partial charge in [0.05, 0.1) is 12.5 Å². The summed E-state index contributed by atoms with van der Waals surface area (Å²) in [6.07, 6.45) is -0.695. The monoisotopic (exact) mass is 172 g/mol. The number of esters is 1. The van der Waals surface area contributed by atoms with Gasteiger partial charge in [0.25, 0.3) is 0 Å². The van der Waals surface area contributed by atoms with E-state index in [0.717, 1.165) is 0 Å². The zero-order chi connectivity index (χ0) is 9.72. The van der Waals surface area contributed by atoms with E-state index in [2.05, 4.69) is 4.74 Å². The number of hydrogen-bond donors (Lipinski definition) is 0. The summed E-state index contributed by atoms with van der Waals surface area (Å²) in [5.74, 6) is -2.04. The molecule has 0 saturated carbocycles. The second-order valence-corrected chi connectivity index (χ2v) is 2.76. The topological polar surface area (TPSA) is 60.4 Å². The molecule has 0 atom stereocenters. The predicted octanol–water partition coefficient (Wildman–Crippen LogP) is 0.486. The third-order valence-corrected chi connectivity index (χ3v) is 0.980. The molecule has 0 aliphatic carbocycles. The minimum absolute atomic E-state index is 0.326. The number of carbonyl (C=O) groups excluding carboxylic acids is 3. The summed E-state index contributed by atoms with van der Waals surface area (Å²) in [6.45, 7) is 4.53. The van der Waals surface area contributed by atoms with Crippen LogP contribution in [0.1, 0.15) is 27.2 Å². The Morgan fingerprint density at radius 2 is 1.75 bits per heavy atom. The lowest BCUT2D eigenvalue weighted by Crippen LogP contribution is -2.22. The molecule has 0 N–H and O–H groups in total. The van der Waals surface area contributed by atoms with Gasteiger partial charge < -0.3 is 4.74 Å². The minimum atomic E-state index is -0.930. The van der Waals surface area contributed by atoms with E-state index in [1.165, 1.54) is 6.92 Å². The Kier molecular flexibility index (Phi) is 4.18. The molecule has 12 heavy (non-hydrogen) atoms. The van der Waals surface area contributed by atoms with Gasteiger partial charge in [-0.3, -0.25) is 9.59 Å². The second kappa shape index (κ2) is 4.64. The Bertz CT molecular complexity index is 205. The van der Waals surface area contributed by atoms with Crippen LogP contribution in [0.3, 0.4) is 0 Å². The zero-order valence-corrected chi connectivity index (χ0v) is 7.42. The van der Waals surface area contributed by atoms with Crippen molar-refractivity contribution in [2.75, 3.05) is 0 Å². The summed E-state index contributed by atoms with van der Waals surface area (Å²) in [4.78, 5) is 32.0. The highest BCUT2D eigenvalue weighted by Crippen LogP contribution is 1.93. The van der Waals surface area contributed by atoms with E-state index in [1.807, 2.05) is 0 Å². The highest BCUT2D eigenvalue weighted by atomic mass is 16.5. The lowest BCUT2D eigenvalue weighted by atomic mass is 10.2. The van der Waals surface area contributed by atoms with Crippen molar-refractivity contribution in [1.29, 1.82) is 0 Å². The molecular weight excluding hydrogens is 160 g/mol. The maximum absolute atomic E-state index is 10.8. The van der Waals surface area contributed by atoms with Crippen LogP contribution in [0.2, 0.25) is 0 Å². The van der Waals surface area contributed by atoms with Gasteiger partial charge in [0.1, 0.15) is 5.78 Å². The van der Waals surface area contributed by atoms with Crippen molar-refractivity contribution in [2.45, 2.75) is 33.3 Å². The zero-order valence-electron chi connectivity index (χ0n) is 7.42. The number of carbonyl (C=O) groups is 3. The first-order chi connectivity index (χ1) is 5.43. The molecule has 0 saturated heterocycles. The minimum Gasteiger partial charge on any atom is -0.457 e. The van der Waals surface area contributed by atoms with E-state index < -0.39 is 11.8 Å². The molecule has 4 nitrogen and oxygen atoms in total. The van der Waals surface area contributed by atoms with Crippen molar-refractivity contribution >= 4 is 17.5 Å². The van der Waals surface area contributed by atoms with E-state index in [9.17, 15) is 14.4 Å². The van der Waals surface area contributed by atoms with Crippen LogP contribution in [-0.2, 0) is 19.1 Å². The number of Topliss-reactive ketones (excluding diaryl/α,β-unsaturated/α-hetero) is 2. The van der Waals surface area contributed by atoms with Crippen molar-refractivity contribution in [3.05, 3.63) is 0 Å². The summed E-state index contributed by atoms with van der Waals surface area (Å²) in [5.41, 5.74) is 0. The van der Waals surface area contributed by atoms with Crippen molar-refractivity contribution in [2.24, 2.45) is 0 Å².